The average Bonchev–Trinajstić information content (AvgIpc) is 2.65. The molecule has 3 rings (SSSR count). The molecule has 0 fully saturated rings. The quantitative estimate of drug-likeness (QED) is 0.814. The van der Waals surface area contributed by atoms with E-state index >= 15 is 0 Å². The van der Waals surface area contributed by atoms with Gasteiger partial charge in [0.05, 0.1) is 11.3 Å². The number of amides is 2. The van der Waals surface area contributed by atoms with Crippen LogP contribution < -0.4 is 5.32 Å². The molecule has 29 heavy (non-hydrogen) atoms. The summed E-state index contributed by atoms with van der Waals surface area (Å²) in [5, 5.41) is 2.61. The van der Waals surface area contributed by atoms with E-state index in [2.05, 4.69) is 5.32 Å². The molecule has 1 heterocycles. The number of carbonyl (C=O) groups is 1. The van der Waals surface area contributed by atoms with Crippen LogP contribution in [0.5, 0.6) is 0 Å². The Labute approximate surface area is 167 Å². The SMILES string of the molecule is CS(=O)(=O)CCNC(=O)N1CCc2c(cccc2-c2ccc(C(F)(F)F)cc2)C1. The molecule has 0 saturated carbocycles. The highest BCUT2D eigenvalue weighted by Gasteiger charge is 2.30. The molecule has 2 aromatic rings. The van der Waals surface area contributed by atoms with Crippen molar-refractivity contribution in [3.8, 4) is 11.1 Å². The van der Waals surface area contributed by atoms with Crippen molar-refractivity contribution in [2.75, 3.05) is 25.1 Å². The first-order valence-corrected chi connectivity index (χ1v) is 11.1. The number of urea groups is 1. The molecule has 0 atom stereocenters. The lowest BCUT2D eigenvalue weighted by atomic mass is 9.90. The van der Waals surface area contributed by atoms with Gasteiger partial charge < -0.3 is 10.2 Å². The van der Waals surface area contributed by atoms with Crippen LogP contribution >= 0.6 is 0 Å². The van der Waals surface area contributed by atoms with Crippen LogP contribution in [-0.4, -0.2) is 44.4 Å². The maximum absolute atomic E-state index is 12.8. The first kappa shape index (κ1) is 21.2. The summed E-state index contributed by atoms with van der Waals surface area (Å²) in [5.41, 5.74) is 2.79. The van der Waals surface area contributed by atoms with Gasteiger partial charge in [-0.05, 0) is 40.8 Å². The summed E-state index contributed by atoms with van der Waals surface area (Å²) < 4.78 is 60.7. The molecule has 0 unspecified atom stereocenters. The Morgan fingerprint density at radius 1 is 1.14 bits per heavy atom. The van der Waals surface area contributed by atoms with E-state index in [1.54, 1.807) is 4.90 Å². The normalized spacial score (nSPS) is 14.4. The molecule has 1 aliphatic heterocycles. The molecule has 0 aromatic heterocycles. The minimum Gasteiger partial charge on any atom is -0.337 e. The van der Waals surface area contributed by atoms with Gasteiger partial charge in [-0.15, -0.1) is 0 Å². The maximum atomic E-state index is 12.8. The highest BCUT2D eigenvalue weighted by molar-refractivity contribution is 7.90. The molecule has 156 valence electrons. The summed E-state index contributed by atoms with van der Waals surface area (Å²) in [6.07, 6.45) is -2.70. The number of halogens is 3. The molecule has 0 spiro atoms. The van der Waals surface area contributed by atoms with Crippen molar-refractivity contribution in [1.82, 2.24) is 10.2 Å². The summed E-state index contributed by atoms with van der Waals surface area (Å²) in [7, 11) is -3.15. The van der Waals surface area contributed by atoms with E-state index in [-0.39, 0.29) is 18.3 Å². The first-order chi connectivity index (χ1) is 13.5. The van der Waals surface area contributed by atoms with Crippen molar-refractivity contribution in [2.45, 2.75) is 19.1 Å². The van der Waals surface area contributed by atoms with Gasteiger partial charge in [-0.1, -0.05) is 30.3 Å². The van der Waals surface area contributed by atoms with Crippen molar-refractivity contribution in [3.63, 3.8) is 0 Å². The second-order valence-electron chi connectivity index (χ2n) is 7.05. The molecule has 9 heteroatoms. The van der Waals surface area contributed by atoms with Gasteiger partial charge >= 0.3 is 12.2 Å². The minimum atomic E-state index is -4.38. The van der Waals surface area contributed by atoms with Crippen LogP contribution in [-0.2, 0) is 29.0 Å². The summed E-state index contributed by atoms with van der Waals surface area (Å²) in [6.45, 7) is 0.844. The predicted molar refractivity (Wildman–Crippen MR) is 104 cm³/mol. The maximum Gasteiger partial charge on any atom is 0.416 e. The number of nitrogens with zero attached hydrogens (tertiary/aromatic N) is 1. The molecule has 1 aliphatic rings. The van der Waals surface area contributed by atoms with Gasteiger partial charge in [0.25, 0.3) is 0 Å². The lowest BCUT2D eigenvalue weighted by Gasteiger charge is -2.30. The van der Waals surface area contributed by atoms with Crippen molar-refractivity contribution >= 4 is 15.9 Å². The third kappa shape index (κ3) is 5.29. The van der Waals surface area contributed by atoms with E-state index in [9.17, 15) is 26.4 Å². The third-order valence-corrected chi connectivity index (χ3v) is 5.77. The number of nitrogens with one attached hydrogen (secondary N) is 1. The molecule has 0 saturated heterocycles. The highest BCUT2D eigenvalue weighted by Crippen LogP contribution is 2.34. The number of hydrogen-bond donors (Lipinski definition) is 1. The van der Waals surface area contributed by atoms with Crippen molar-refractivity contribution in [1.29, 1.82) is 0 Å². The van der Waals surface area contributed by atoms with Gasteiger partial charge in [-0.2, -0.15) is 13.2 Å². The molecule has 0 bridgehead atoms. The van der Waals surface area contributed by atoms with E-state index in [0.717, 1.165) is 35.1 Å². The summed E-state index contributed by atoms with van der Waals surface area (Å²) >= 11 is 0. The second kappa shape index (κ2) is 8.06. The fraction of sp³-hybridized carbons (Fsp3) is 0.350. The van der Waals surface area contributed by atoms with Crippen LogP contribution in [0.15, 0.2) is 42.5 Å². The van der Waals surface area contributed by atoms with Crippen molar-refractivity contribution in [3.05, 3.63) is 59.2 Å². The minimum absolute atomic E-state index is 0.0482. The number of rotatable bonds is 4. The van der Waals surface area contributed by atoms with Crippen LogP contribution in [0.25, 0.3) is 11.1 Å². The fourth-order valence-corrected chi connectivity index (χ4v) is 3.82. The lowest BCUT2D eigenvalue weighted by molar-refractivity contribution is -0.137. The topological polar surface area (TPSA) is 66.5 Å². The van der Waals surface area contributed by atoms with Gasteiger partial charge in [0.1, 0.15) is 9.84 Å². The predicted octanol–water partition coefficient (Wildman–Crippen LogP) is 3.48. The van der Waals surface area contributed by atoms with E-state index in [0.29, 0.717) is 25.1 Å². The van der Waals surface area contributed by atoms with Crippen LogP contribution in [0.4, 0.5) is 18.0 Å². The van der Waals surface area contributed by atoms with Gasteiger partial charge in [0.15, 0.2) is 0 Å². The number of benzene rings is 2. The largest absolute Gasteiger partial charge is 0.416 e. The lowest BCUT2D eigenvalue weighted by Crippen LogP contribution is -2.44. The summed E-state index contributed by atoms with van der Waals surface area (Å²) in [4.78, 5) is 13.9. The smallest absolute Gasteiger partial charge is 0.337 e. The molecular weight excluding hydrogens is 405 g/mol. The Kier molecular flexibility index (Phi) is 5.88. The van der Waals surface area contributed by atoms with E-state index in [1.165, 1.54) is 12.1 Å². The number of sulfone groups is 1. The first-order valence-electron chi connectivity index (χ1n) is 9.03. The van der Waals surface area contributed by atoms with E-state index in [4.69, 9.17) is 0 Å². The zero-order chi connectivity index (χ0) is 21.2. The monoisotopic (exact) mass is 426 g/mol. The molecule has 2 aromatic carbocycles. The van der Waals surface area contributed by atoms with Gasteiger partial charge in [0.2, 0.25) is 0 Å². The molecule has 2 amide bonds. The molecule has 1 N–H and O–H groups in total. The Hall–Kier alpha value is -2.55. The van der Waals surface area contributed by atoms with Crippen LogP contribution in [0, 0.1) is 0 Å². The Morgan fingerprint density at radius 3 is 2.45 bits per heavy atom. The van der Waals surface area contributed by atoms with Gasteiger partial charge in [-0.3, -0.25) is 0 Å². The van der Waals surface area contributed by atoms with Gasteiger partial charge in [-0.25, -0.2) is 13.2 Å². The van der Waals surface area contributed by atoms with E-state index in [1.807, 2.05) is 18.2 Å². The third-order valence-electron chi connectivity index (χ3n) is 4.83. The number of hydrogen-bond acceptors (Lipinski definition) is 3. The van der Waals surface area contributed by atoms with Gasteiger partial charge in [0, 0.05) is 25.9 Å². The zero-order valence-electron chi connectivity index (χ0n) is 15.8. The van der Waals surface area contributed by atoms with E-state index < -0.39 is 21.6 Å². The van der Waals surface area contributed by atoms with Crippen LogP contribution in [0.3, 0.4) is 0 Å². The Morgan fingerprint density at radius 2 is 1.83 bits per heavy atom. The van der Waals surface area contributed by atoms with Crippen LogP contribution in [0.1, 0.15) is 16.7 Å². The van der Waals surface area contributed by atoms with Crippen molar-refractivity contribution < 1.29 is 26.4 Å². The zero-order valence-corrected chi connectivity index (χ0v) is 16.6. The number of fused-ring (bicyclic) bond motifs is 1. The summed E-state index contributed by atoms with van der Waals surface area (Å²) in [6, 6.07) is 10.3. The number of carbonyl (C=O) groups excluding carboxylic acids is 1. The van der Waals surface area contributed by atoms with Crippen LogP contribution in [0.2, 0.25) is 0 Å². The molecule has 0 aliphatic carbocycles. The van der Waals surface area contributed by atoms with Crippen molar-refractivity contribution in [2.24, 2.45) is 0 Å². The average molecular weight is 426 g/mol. The molecule has 0 radical (unpaired) electrons. The second-order valence-corrected chi connectivity index (χ2v) is 9.31. The summed E-state index contributed by atoms with van der Waals surface area (Å²) in [5.74, 6) is -0.124. The highest BCUT2D eigenvalue weighted by atomic mass is 32.2. The molecular formula is C20H21F3N2O3S. The Balaban J connectivity index is 1.74. The molecule has 5 nitrogen and oxygen atoms in total. The standard InChI is InChI=1S/C20H21F3N2O3S/c1-29(27,28)12-10-24-19(26)25-11-9-18-15(13-25)3-2-4-17(18)14-5-7-16(8-6-14)20(21,22)23/h2-8H,9-13H2,1H3,(H,24,26). The Bertz CT molecular complexity index is 1000. The fourth-order valence-electron chi connectivity index (χ4n) is 3.35. The number of alkyl halides is 3.